The lowest BCUT2D eigenvalue weighted by molar-refractivity contribution is -0.120. The minimum absolute atomic E-state index is 0.0588. The van der Waals surface area contributed by atoms with Crippen molar-refractivity contribution in [1.29, 1.82) is 0 Å². The fraction of sp³-hybridized carbons (Fsp3) is 0.389. The molecule has 0 saturated heterocycles. The predicted octanol–water partition coefficient (Wildman–Crippen LogP) is 3.22. The molecule has 8 nitrogen and oxygen atoms in total. The number of carbonyl (C=O) groups is 1. The third-order valence-corrected chi connectivity index (χ3v) is 5.46. The van der Waals surface area contributed by atoms with E-state index in [1.165, 1.54) is 11.3 Å². The van der Waals surface area contributed by atoms with E-state index in [1.54, 1.807) is 30.5 Å². The van der Waals surface area contributed by atoms with Crippen LogP contribution in [0.1, 0.15) is 27.2 Å². The van der Waals surface area contributed by atoms with E-state index >= 15 is 0 Å². The number of carbonyl (C=O) groups excluding carboxylic acids is 1. The summed E-state index contributed by atoms with van der Waals surface area (Å²) in [6.07, 6.45) is 5.72. The van der Waals surface area contributed by atoms with Crippen molar-refractivity contribution in [3.8, 4) is 22.2 Å². The first-order chi connectivity index (χ1) is 13.0. The number of rotatable bonds is 4. The predicted molar refractivity (Wildman–Crippen MR) is 104 cm³/mol. The average Bonchev–Trinajstić information content (AvgIpc) is 3.34. The van der Waals surface area contributed by atoms with Gasteiger partial charge in [0.15, 0.2) is 16.6 Å². The van der Waals surface area contributed by atoms with Gasteiger partial charge in [-0.3, -0.25) is 4.79 Å². The Kier molecular flexibility index (Phi) is 4.39. The number of thiazole rings is 1. The molecule has 0 bridgehead atoms. The van der Waals surface area contributed by atoms with Crippen LogP contribution in [-0.4, -0.2) is 45.1 Å². The molecule has 0 spiro atoms. The van der Waals surface area contributed by atoms with E-state index in [-0.39, 0.29) is 18.0 Å². The van der Waals surface area contributed by atoms with Gasteiger partial charge in [0.1, 0.15) is 11.7 Å². The molecular weight excluding hydrogens is 364 g/mol. The van der Waals surface area contributed by atoms with Crippen molar-refractivity contribution in [2.45, 2.75) is 39.3 Å². The highest BCUT2D eigenvalue weighted by atomic mass is 32.1. The summed E-state index contributed by atoms with van der Waals surface area (Å²) in [6, 6.07) is -0.124. The fourth-order valence-corrected chi connectivity index (χ4v) is 4.02. The zero-order chi connectivity index (χ0) is 19.1. The van der Waals surface area contributed by atoms with Crippen molar-refractivity contribution in [1.82, 2.24) is 20.1 Å². The SMILES string of the molecule is CC[C@@H]1C(=O)N(C)c2cnc(-c3cnoc3-c3nccs3)nc2N1C(C)C. The minimum atomic E-state index is -0.244. The Morgan fingerprint density at radius 3 is 2.78 bits per heavy atom. The van der Waals surface area contributed by atoms with Crippen LogP contribution in [0.15, 0.2) is 28.5 Å². The molecule has 4 rings (SSSR count). The molecule has 4 heterocycles. The van der Waals surface area contributed by atoms with Crippen LogP contribution in [0.4, 0.5) is 11.5 Å². The Bertz CT molecular complexity index is 968. The number of anilines is 2. The topological polar surface area (TPSA) is 88.2 Å². The minimum Gasteiger partial charge on any atom is -0.353 e. The van der Waals surface area contributed by atoms with Gasteiger partial charge in [0, 0.05) is 24.7 Å². The number of likely N-dealkylation sites (N-methyl/N-ethyl adjacent to an activating group) is 1. The summed E-state index contributed by atoms with van der Waals surface area (Å²) in [4.78, 5) is 30.0. The van der Waals surface area contributed by atoms with Gasteiger partial charge in [-0.1, -0.05) is 12.1 Å². The smallest absolute Gasteiger partial charge is 0.249 e. The van der Waals surface area contributed by atoms with Gasteiger partial charge in [-0.15, -0.1) is 11.3 Å². The number of aromatic nitrogens is 4. The maximum atomic E-state index is 12.8. The van der Waals surface area contributed by atoms with E-state index in [0.29, 0.717) is 29.3 Å². The summed E-state index contributed by atoms with van der Waals surface area (Å²) in [5.74, 6) is 1.86. The van der Waals surface area contributed by atoms with Crippen molar-refractivity contribution in [3.63, 3.8) is 0 Å². The average molecular weight is 384 g/mol. The lowest BCUT2D eigenvalue weighted by Crippen LogP contribution is -2.54. The molecule has 1 amide bonds. The van der Waals surface area contributed by atoms with Gasteiger partial charge in [0.2, 0.25) is 11.7 Å². The molecule has 9 heteroatoms. The van der Waals surface area contributed by atoms with Crippen molar-refractivity contribution < 1.29 is 9.32 Å². The molecule has 0 fully saturated rings. The van der Waals surface area contributed by atoms with Crippen molar-refractivity contribution in [3.05, 3.63) is 24.0 Å². The lowest BCUT2D eigenvalue weighted by atomic mass is 10.1. The van der Waals surface area contributed by atoms with Crippen molar-refractivity contribution in [2.24, 2.45) is 0 Å². The summed E-state index contributed by atoms with van der Waals surface area (Å²) in [5, 5.41) is 6.51. The summed E-state index contributed by atoms with van der Waals surface area (Å²) in [5.41, 5.74) is 1.39. The molecule has 0 aliphatic carbocycles. The number of amides is 1. The van der Waals surface area contributed by atoms with Gasteiger partial charge in [-0.2, -0.15) is 0 Å². The van der Waals surface area contributed by atoms with Crippen LogP contribution < -0.4 is 9.80 Å². The molecule has 0 saturated carbocycles. The molecule has 1 aliphatic rings. The molecule has 0 aromatic carbocycles. The number of nitrogens with zero attached hydrogens (tertiary/aromatic N) is 6. The first kappa shape index (κ1) is 17.6. The highest BCUT2D eigenvalue weighted by molar-refractivity contribution is 7.13. The van der Waals surface area contributed by atoms with Crippen LogP contribution in [0, 0.1) is 0 Å². The molecule has 140 valence electrons. The molecular formula is C18H20N6O2S. The Morgan fingerprint density at radius 2 is 2.11 bits per heavy atom. The van der Waals surface area contributed by atoms with Crippen molar-refractivity contribution in [2.75, 3.05) is 16.8 Å². The number of hydrogen-bond acceptors (Lipinski definition) is 8. The second kappa shape index (κ2) is 6.73. The summed E-state index contributed by atoms with van der Waals surface area (Å²) in [7, 11) is 1.77. The van der Waals surface area contributed by atoms with E-state index in [1.807, 2.05) is 12.3 Å². The summed E-state index contributed by atoms with van der Waals surface area (Å²) >= 11 is 1.46. The normalized spacial score (nSPS) is 16.9. The summed E-state index contributed by atoms with van der Waals surface area (Å²) in [6.45, 7) is 6.14. The van der Waals surface area contributed by atoms with Gasteiger partial charge in [-0.05, 0) is 20.3 Å². The zero-order valence-corrected chi connectivity index (χ0v) is 16.4. The van der Waals surface area contributed by atoms with E-state index in [4.69, 9.17) is 9.51 Å². The van der Waals surface area contributed by atoms with E-state index in [0.717, 1.165) is 10.8 Å². The molecule has 0 unspecified atom stereocenters. The highest BCUT2D eigenvalue weighted by Crippen LogP contribution is 2.38. The standard InChI is InChI=1S/C18H20N6O2S/c1-5-12-18(25)23(4)13-9-20-15(22-16(13)24(12)10(2)3)11-8-21-26-14(11)17-19-6-7-27-17/h6-10,12H,5H2,1-4H3/t12-/m1/s1. The van der Waals surface area contributed by atoms with Crippen LogP contribution in [0.3, 0.4) is 0 Å². The Labute approximate surface area is 160 Å². The highest BCUT2D eigenvalue weighted by Gasteiger charge is 2.38. The Morgan fingerprint density at radius 1 is 1.30 bits per heavy atom. The lowest BCUT2D eigenvalue weighted by Gasteiger charge is -2.42. The number of fused-ring (bicyclic) bond motifs is 1. The van der Waals surface area contributed by atoms with Gasteiger partial charge >= 0.3 is 0 Å². The first-order valence-electron chi connectivity index (χ1n) is 8.80. The quantitative estimate of drug-likeness (QED) is 0.682. The number of hydrogen-bond donors (Lipinski definition) is 0. The van der Waals surface area contributed by atoms with E-state index in [9.17, 15) is 4.79 Å². The monoisotopic (exact) mass is 384 g/mol. The second-order valence-corrected chi connectivity index (χ2v) is 7.53. The fourth-order valence-electron chi connectivity index (χ4n) is 3.40. The molecule has 0 N–H and O–H groups in total. The van der Waals surface area contributed by atoms with E-state index < -0.39 is 0 Å². The first-order valence-corrected chi connectivity index (χ1v) is 9.68. The van der Waals surface area contributed by atoms with Crippen LogP contribution in [0.2, 0.25) is 0 Å². The molecule has 1 aliphatic heterocycles. The maximum Gasteiger partial charge on any atom is 0.249 e. The van der Waals surface area contributed by atoms with E-state index in [2.05, 4.69) is 33.9 Å². The Hall–Kier alpha value is -2.81. The second-order valence-electron chi connectivity index (χ2n) is 6.63. The molecule has 0 radical (unpaired) electrons. The maximum absolute atomic E-state index is 12.8. The van der Waals surface area contributed by atoms with Crippen LogP contribution in [0.5, 0.6) is 0 Å². The van der Waals surface area contributed by atoms with Crippen LogP contribution in [-0.2, 0) is 4.79 Å². The molecule has 3 aromatic rings. The van der Waals surface area contributed by atoms with Gasteiger partial charge in [-0.25, -0.2) is 15.0 Å². The largest absolute Gasteiger partial charge is 0.353 e. The molecule has 3 aromatic heterocycles. The zero-order valence-electron chi connectivity index (χ0n) is 15.6. The van der Waals surface area contributed by atoms with Gasteiger partial charge < -0.3 is 14.3 Å². The van der Waals surface area contributed by atoms with Crippen LogP contribution in [0.25, 0.3) is 22.2 Å². The molecule has 1 atom stereocenters. The molecule has 27 heavy (non-hydrogen) atoms. The third kappa shape index (κ3) is 2.78. The van der Waals surface area contributed by atoms with Gasteiger partial charge in [0.25, 0.3) is 0 Å². The third-order valence-electron chi connectivity index (χ3n) is 4.69. The summed E-state index contributed by atoms with van der Waals surface area (Å²) < 4.78 is 5.40. The van der Waals surface area contributed by atoms with Crippen molar-refractivity contribution >= 4 is 28.7 Å². The Balaban J connectivity index is 1.86. The van der Waals surface area contributed by atoms with Gasteiger partial charge in [0.05, 0.1) is 18.0 Å². The van der Waals surface area contributed by atoms with Crippen LogP contribution >= 0.6 is 11.3 Å².